The van der Waals surface area contributed by atoms with Gasteiger partial charge in [0.25, 0.3) is 0 Å². The molecule has 0 heterocycles. The molecule has 2 atom stereocenters. The Morgan fingerprint density at radius 3 is 2.67 bits per heavy atom. The maximum atomic E-state index is 9.25. The predicted octanol–water partition coefficient (Wildman–Crippen LogP) is 2.15. The Bertz CT molecular complexity index is 323. The van der Waals surface area contributed by atoms with E-state index < -0.39 is 0 Å². The second-order valence-corrected chi connectivity index (χ2v) is 4.22. The Morgan fingerprint density at radius 2 is 2.07 bits per heavy atom. The van der Waals surface area contributed by atoms with Gasteiger partial charge in [-0.05, 0) is 44.9 Å². The van der Waals surface area contributed by atoms with Gasteiger partial charge in [0, 0.05) is 6.04 Å². The van der Waals surface area contributed by atoms with E-state index in [9.17, 15) is 5.11 Å². The van der Waals surface area contributed by atoms with Gasteiger partial charge >= 0.3 is 0 Å². The maximum absolute atomic E-state index is 9.25. The number of benzene rings is 1. The Morgan fingerprint density at radius 1 is 1.40 bits per heavy atom. The van der Waals surface area contributed by atoms with Gasteiger partial charge in [0.15, 0.2) is 0 Å². The fraction of sp³-hybridized carbons (Fsp3) is 0.500. The van der Waals surface area contributed by atoms with Crippen LogP contribution in [0, 0.1) is 6.92 Å². The molecule has 1 aromatic rings. The van der Waals surface area contributed by atoms with Crippen molar-refractivity contribution in [2.24, 2.45) is 0 Å². The lowest BCUT2D eigenvalue weighted by molar-refractivity contribution is 0.179. The van der Waals surface area contributed by atoms with Gasteiger partial charge < -0.3 is 16.2 Å². The number of anilines is 2. The summed E-state index contributed by atoms with van der Waals surface area (Å²) in [5.41, 5.74) is 8.72. The highest BCUT2D eigenvalue weighted by Gasteiger charge is 2.07. The zero-order chi connectivity index (χ0) is 11.4. The van der Waals surface area contributed by atoms with Crippen molar-refractivity contribution >= 4 is 11.4 Å². The summed E-state index contributed by atoms with van der Waals surface area (Å²) in [6.07, 6.45) is 0.423. The van der Waals surface area contributed by atoms with Crippen molar-refractivity contribution in [3.63, 3.8) is 0 Å². The van der Waals surface area contributed by atoms with E-state index in [-0.39, 0.29) is 12.1 Å². The van der Waals surface area contributed by atoms with E-state index in [4.69, 9.17) is 5.73 Å². The van der Waals surface area contributed by atoms with E-state index in [0.29, 0.717) is 6.42 Å². The molecular formula is C12H20N2O. The monoisotopic (exact) mass is 208 g/mol. The van der Waals surface area contributed by atoms with Crippen LogP contribution in [0.4, 0.5) is 11.4 Å². The standard InChI is InChI=1S/C12H20N2O/c1-8-4-5-11(13)12(6-8)14-9(2)7-10(3)15/h4-6,9-10,14-15H,7,13H2,1-3H3. The smallest absolute Gasteiger partial charge is 0.0578 e. The van der Waals surface area contributed by atoms with Crippen LogP contribution in [0.5, 0.6) is 0 Å². The number of aliphatic hydroxyl groups is 1. The molecule has 84 valence electrons. The summed E-state index contributed by atoms with van der Waals surface area (Å²) >= 11 is 0. The van der Waals surface area contributed by atoms with Crippen LogP contribution in [0.1, 0.15) is 25.8 Å². The molecule has 0 aliphatic carbocycles. The number of aliphatic hydroxyl groups excluding tert-OH is 1. The van der Waals surface area contributed by atoms with Gasteiger partial charge in [0.1, 0.15) is 0 Å². The lowest BCUT2D eigenvalue weighted by Gasteiger charge is -2.18. The van der Waals surface area contributed by atoms with Gasteiger partial charge in [-0.3, -0.25) is 0 Å². The second kappa shape index (κ2) is 5.03. The molecule has 0 fully saturated rings. The minimum Gasteiger partial charge on any atom is -0.397 e. The molecule has 0 aliphatic heterocycles. The highest BCUT2D eigenvalue weighted by Crippen LogP contribution is 2.21. The van der Waals surface area contributed by atoms with Crippen LogP contribution in [0.15, 0.2) is 18.2 Å². The summed E-state index contributed by atoms with van der Waals surface area (Å²) in [6.45, 7) is 5.86. The molecule has 2 unspecified atom stereocenters. The van der Waals surface area contributed by atoms with Gasteiger partial charge in [-0.2, -0.15) is 0 Å². The first-order valence-corrected chi connectivity index (χ1v) is 5.29. The van der Waals surface area contributed by atoms with Crippen molar-refractivity contribution < 1.29 is 5.11 Å². The molecule has 0 aromatic heterocycles. The summed E-state index contributed by atoms with van der Waals surface area (Å²) in [5, 5.41) is 12.6. The number of nitrogen functional groups attached to an aromatic ring is 1. The zero-order valence-corrected chi connectivity index (χ0v) is 9.62. The number of hydrogen-bond donors (Lipinski definition) is 3. The average molecular weight is 208 g/mol. The number of nitrogens with one attached hydrogen (secondary N) is 1. The lowest BCUT2D eigenvalue weighted by atomic mass is 10.1. The van der Waals surface area contributed by atoms with Crippen LogP contribution < -0.4 is 11.1 Å². The van der Waals surface area contributed by atoms with Crippen molar-refractivity contribution in [1.82, 2.24) is 0 Å². The minimum atomic E-state index is -0.293. The molecule has 0 amide bonds. The largest absolute Gasteiger partial charge is 0.397 e. The quantitative estimate of drug-likeness (QED) is 0.664. The van der Waals surface area contributed by atoms with Gasteiger partial charge in [-0.15, -0.1) is 0 Å². The second-order valence-electron chi connectivity index (χ2n) is 4.22. The fourth-order valence-electron chi connectivity index (χ4n) is 1.63. The van der Waals surface area contributed by atoms with E-state index in [1.165, 1.54) is 5.56 Å². The normalized spacial score (nSPS) is 14.7. The SMILES string of the molecule is Cc1ccc(N)c(NC(C)CC(C)O)c1. The molecule has 15 heavy (non-hydrogen) atoms. The maximum Gasteiger partial charge on any atom is 0.0578 e. The third-order valence-corrected chi connectivity index (χ3v) is 2.31. The average Bonchev–Trinajstić information content (AvgIpc) is 2.10. The molecule has 0 spiro atoms. The molecule has 4 N–H and O–H groups in total. The highest BCUT2D eigenvalue weighted by atomic mass is 16.3. The van der Waals surface area contributed by atoms with Crippen molar-refractivity contribution in [2.75, 3.05) is 11.1 Å². The van der Waals surface area contributed by atoms with E-state index in [2.05, 4.69) is 5.32 Å². The van der Waals surface area contributed by atoms with E-state index >= 15 is 0 Å². The van der Waals surface area contributed by atoms with Crippen LogP contribution in [0.25, 0.3) is 0 Å². The summed E-state index contributed by atoms with van der Waals surface area (Å²) < 4.78 is 0. The van der Waals surface area contributed by atoms with Gasteiger partial charge in [0.05, 0.1) is 17.5 Å². The Labute approximate surface area is 91.3 Å². The van der Waals surface area contributed by atoms with Crippen molar-refractivity contribution in [2.45, 2.75) is 39.3 Å². The van der Waals surface area contributed by atoms with Gasteiger partial charge in [-0.25, -0.2) is 0 Å². The molecule has 0 saturated heterocycles. The fourth-order valence-corrected chi connectivity index (χ4v) is 1.63. The number of hydrogen-bond acceptors (Lipinski definition) is 3. The van der Waals surface area contributed by atoms with Crippen LogP contribution in [0.3, 0.4) is 0 Å². The van der Waals surface area contributed by atoms with Crippen molar-refractivity contribution in [3.05, 3.63) is 23.8 Å². The molecule has 0 bridgehead atoms. The van der Waals surface area contributed by atoms with Gasteiger partial charge in [0.2, 0.25) is 0 Å². The third-order valence-electron chi connectivity index (χ3n) is 2.31. The summed E-state index contributed by atoms with van der Waals surface area (Å²) in [5.74, 6) is 0. The minimum absolute atomic E-state index is 0.217. The van der Waals surface area contributed by atoms with E-state index in [1.54, 1.807) is 6.92 Å². The first-order valence-electron chi connectivity index (χ1n) is 5.29. The highest BCUT2D eigenvalue weighted by molar-refractivity contribution is 5.67. The van der Waals surface area contributed by atoms with Crippen LogP contribution in [0.2, 0.25) is 0 Å². The zero-order valence-electron chi connectivity index (χ0n) is 9.62. The topological polar surface area (TPSA) is 58.3 Å². The Balaban J connectivity index is 2.67. The van der Waals surface area contributed by atoms with E-state index in [1.807, 2.05) is 32.0 Å². The lowest BCUT2D eigenvalue weighted by Crippen LogP contribution is -2.21. The molecule has 1 rings (SSSR count). The number of nitrogens with two attached hydrogens (primary N) is 1. The van der Waals surface area contributed by atoms with Crippen LogP contribution in [-0.2, 0) is 0 Å². The first-order chi connectivity index (χ1) is 6.99. The number of aryl methyl sites for hydroxylation is 1. The Kier molecular flexibility index (Phi) is 3.97. The van der Waals surface area contributed by atoms with Crippen LogP contribution >= 0.6 is 0 Å². The van der Waals surface area contributed by atoms with E-state index in [0.717, 1.165) is 11.4 Å². The molecule has 0 saturated carbocycles. The molecule has 0 aliphatic rings. The van der Waals surface area contributed by atoms with Crippen molar-refractivity contribution in [1.29, 1.82) is 0 Å². The summed E-state index contributed by atoms with van der Waals surface area (Å²) in [6, 6.07) is 6.12. The summed E-state index contributed by atoms with van der Waals surface area (Å²) in [7, 11) is 0. The molecule has 1 aromatic carbocycles. The van der Waals surface area contributed by atoms with Crippen LogP contribution in [-0.4, -0.2) is 17.3 Å². The number of rotatable bonds is 4. The molecule has 3 heteroatoms. The summed E-state index contributed by atoms with van der Waals surface area (Å²) in [4.78, 5) is 0. The van der Waals surface area contributed by atoms with Crippen molar-refractivity contribution in [3.8, 4) is 0 Å². The molecule has 3 nitrogen and oxygen atoms in total. The first kappa shape index (κ1) is 11.9. The molecular weight excluding hydrogens is 188 g/mol. The van der Waals surface area contributed by atoms with Gasteiger partial charge in [-0.1, -0.05) is 6.07 Å². The molecule has 0 radical (unpaired) electrons. The Hall–Kier alpha value is -1.22. The predicted molar refractivity (Wildman–Crippen MR) is 65.0 cm³/mol. The third kappa shape index (κ3) is 3.80.